The van der Waals surface area contributed by atoms with Gasteiger partial charge in [0.1, 0.15) is 11.3 Å². The van der Waals surface area contributed by atoms with E-state index in [1.165, 1.54) is 29.4 Å². The van der Waals surface area contributed by atoms with Gasteiger partial charge in [0.15, 0.2) is 5.13 Å². The van der Waals surface area contributed by atoms with Crippen LogP contribution >= 0.6 is 23.7 Å². The number of hydrogen-bond donors (Lipinski definition) is 0. The number of para-hydroxylation sites is 1. The van der Waals surface area contributed by atoms with Crippen LogP contribution in [0.5, 0.6) is 0 Å². The van der Waals surface area contributed by atoms with Crippen molar-refractivity contribution in [1.82, 2.24) is 14.2 Å². The van der Waals surface area contributed by atoms with E-state index in [1.54, 1.807) is 12.1 Å². The number of amides is 1. The van der Waals surface area contributed by atoms with E-state index >= 15 is 0 Å². The first-order valence-electron chi connectivity index (χ1n) is 8.01. The van der Waals surface area contributed by atoms with Crippen LogP contribution in [0.3, 0.4) is 0 Å². The Morgan fingerprint density at radius 3 is 2.44 bits per heavy atom. The van der Waals surface area contributed by atoms with Gasteiger partial charge in [-0.1, -0.05) is 17.4 Å². The zero-order valence-corrected chi connectivity index (χ0v) is 18.1. The van der Waals surface area contributed by atoms with Crippen LogP contribution in [-0.4, -0.2) is 75.5 Å². The highest BCUT2D eigenvalue weighted by Crippen LogP contribution is 2.30. The number of carbonyl (C=O) groups excluding carboxylic acids is 1. The van der Waals surface area contributed by atoms with Crippen molar-refractivity contribution in [3.05, 3.63) is 24.0 Å². The molecule has 0 saturated carbocycles. The molecule has 0 aliphatic carbocycles. The maximum absolute atomic E-state index is 13.9. The van der Waals surface area contributed by atoms with Gasteiger partial charge < -0.3 is 4.90 Å². The topological polar surface area (TPSA) is 73.8 Å². The Morgan fingerprint density at radius 1 is 1.22 bits per heavy atom. The molecule has 0 unspecified atom stereocenters. The quantitative estimate of drug-likeness (QED) is 0.630. The van der Waals surface area contributed by atoms with Gasteiger partial charge in [-0.3, -0.25) is 9.69 Å². The average Bonchev–Trinajstić information content (AvgIpc) is 2.95. The van der Waals surface area contributed by atoms with E-state index in [-0.39, 0.29) is 24.5 Å². The van der Waals surface area contributed by atoms with Crippen molar-refractivity contribution in [1.29, 1.82) is 0 Å². The van der Waals surface area contributed by atoms with Gasteiger partial charge in [-0.25, -0.2) is 17.8 Å². The normalized spacial score (nSPS) is 11.8. The minimum absolute atomic E-state index is 0. The number of benzene rings is 1. The van der Waals surface area contributed by atoms with Gasteiger partial charge >= 0.3 is 0 Å². The van der Waals surface area contributed by atoms with Crippen LogP contribution in [-0.2, 0) is 14.8 Å². The van der Waals surface area contributed by atoms with Crippen LogP contribution in [0.15, 0.2) is 18.2 Å². The van der Waals surface area contributed by atoms with Crippen LogP contribution in [0, 0.1) is 5.82 Å². The van der Waals surface area contributed by atoms with Crippen molar-refractivity contribution < 1.29 is 17.6 Å². The van der Waals surface area contributed by atoms with Gasteiger partial charge in [0.05, 0.1) is 17.5 Å². The summed E-state index contributed by atoms with van der Waals surface area (Å²) in [7, 11) is 1.73. The van der Waals surface area contributed by atoms with Crippen LogP contribution in [0.2, 0.25) is 0 Å². The predicted molar refractivity (Wildman–Crippen MR) is 110 cm³/mol. The average molecular weight is 439 g/mol. The Bertz CT molecular complexity index is 889. The summed E-state index contributed by atoms with van der Waals surface area (Å²) < 4.78 is 38.8. The molecule has 0 radical (unpaired) electrons. The molecule has 0 aliphatic heterocycles. The summed E-state index contributed by atoms with van der Waals surface area (Å²) in [6.45, 7) is 0.834. The number of halogens is 2. The van der Waals surface area contributed by atoms with Gasteiger partial charge in [0.25, 0.3) is 0 Å². The molecule has 0 aliphatic rings. The Kier molecular flexibility index (Phi) is 8.55. The molecule has 0 saturated heterocycles. The first-order chi connectivity index (χ1) is 12.1. The van der Waals surface area contributed by atoms with Crippen molar-refractivity contribution in [2.24, 2.45) is 0 Å². The largest absolute Gasteiger partial charge is 0.309 e. The molecule has 152 valence electrons. The van der Waals surface area contributed by atoms with Gasteiger partial charge in [0.2, 0.25) is 15.9 Å². The van der Waals surface area contributed by atoms with Crippen molar-refractivity contribution >= 4 is 55.0 Å². The van der Waals surface area contributed by atoms with E-state index in [2.05, 4.69) is 4.98 Å². The van der Waals surface area contributed by atoms with Crippen LogP contribution in [0.4, 0.5) is 9.52 Å². The van der Waals surface area contributed by atoms with E-state index in [1.807, 2.05) is 19.0 Å². The zero-order chi connectivity index (χ0) is 19.5. The second-order valence-corrected chi connectivity index (χ2v) is 9.40. The van der Waals surface area contributed by atoms with E-state index in [4.69, 9.17) is 0 Å². The standard InChI is InChI=1S/C16H23FN4O3S2.ClH/c1-19(2)9-6-10-21(14(22)11-20(3)26(4,23)24)16-18-15-12(17)7-5-8-13(15)25-16;/h5,7-8H,6,9-11H2,1-4H3;1H. The Balaban J connectivity index is 0.00000364. The Morgan fingerprint density at radius 2 is 1.89 bits per heavy atom. The molecule has 0 fully saturated rings. The second kappa shape index (κ2) is 9.74. The summed E-state index contributed by atoms with van der Waals surface area (Å²) in [4.78, 5) is 20.4. The minimum atomic E-state index is -3.48. The molecule has 2 aromatic rings. The van der Waals surface area contributed by atoms with E-state index in [9.17, 15) is 17.6 Å². The van der Waals surface area contributed by atoms with Crippen LogP contribution in [0.25, 0.3) is 10.2 Å². The first-order valence-corrected chi connectivity index (χ1v) is 10.7. The lowest BCUT2D eigenvalue weighted by molar-refractivity contribution is -0.118. The van der Waals surface area contributed by atoms with Gasteiger partial charge in [-0.05, 0) is 39.2 Å². The first kappa shape index (κ1) is 23.7. The van der Waals surface area contributed by atoms with Crippen LogP contribution < -0.4 is 4.90 Å². The number of anilines is 1. The third-order valence-electron chi connectivity index (χ3n) is 3.80. The maximum Gasteiger partial charge on any atom is 0.244 e. The summed E-state index contributed by atoms with van der Waals surface area (Å²) >= 11 is 1.21. The molecule has 11 heteroatoms. The number of sulfonamides is 1. The second-order valence-electron chi connectivity index (χ2n) is 6.30. The molecule has 0 bridgehead atoms. The molecule has 7 nitrogen and oxygen atoms in total. The molecule has 1 amide bonds. The van der Waals surface area contributed by atoms with Crippen molar-refractivity contribution in [2.75, 3.05) is 51.9 Å². The van der Waals surface area contributed by atoms with E-state index < -0.39 is 21.7 Å². The number of carbonyl (C=O) groups is 1. The highest BCUT2D eigenvalue weighted by Gasteiger charge is 2.24. The van der Waals surface area contributed by atoms with Crippen LogP contribution in [0.1, 0.15) is 6.42 Å². The number of rotatable bonds is 8. The zero-order valence-electron chi connectivity index (χ0n) is 15.7. The lowest BCUT2D eigenvalue weighted by Crippen LogP contribution is -2.42. The number of thiazole rings is 1. The lowest BCUT2D eigenvalue weighted by Gasteiger charge is -2.23. The molecular formula is C16H24ClFN4O3S2. The van der Waals surface area contributed by atoms with Gasteiger partial charge in [-0.15, -0.1) is 12.4 Å². The molecule has 1 aromatic heterocycles. The van der Waals surface area contributed by atoms with E-state index in [0.717, 1.165) is 17.1 Å². The summed E-state index contributed by atoms with van der Waals surface area (Å²) in [6.07, 6.45) is 1.73. The summed E-state index contributed by atoms with van der Waals surface area (Å²) in [6, 6.07) is 4.65. The predicted octanol–water partition coefficient (Wildman–Crippen LogP) is 2.03. The number of aromatic nitrogens is 1. The number of fused-ring (bicyclic) bond motifs is 1. The Labute approximate surface area is 169 Å². The number of hydrogen-bond acceptors (Lipinski definition) is 6. The van der Waals surface area contributed by atoms with E-state index in [0.29, 0.717) is 22.8 Å². The molecule has 0 atom stereocenters. The molecule has 2 rings (SSSR count). The molecule has 0 spiro atoms. The highest BCUT2D eigenvalue weighted by atomic mass is 35.5. The fourth-order valence-corrected chi connectivity index (χ4v) is 3.65. The number of likely N-dealkylation sites (N-methyl/N-ethyl adjacent to an activating group) is 1. The van der Waals surface area contributed by atoms with Gasteiger partial charge in [0, 0.05) is 13.6 Å². The summed E-state index contributed by atoms with van der Waals surface area (Å²) in [5.74, 6) is -0.838. The third kappa shape index (κ3) is 6.35. The highest BCUT2D eigenvalue weighted by molar-refractivity contribution is 7.88. The molecule has 1 aromatic carbocycles. The lowest BCUT2D eigenvalue weighted by atomic mass is 10.3. The summed E-state index contributed by atoms with van der Waals surface area (Å²) in [5.41, 5.74) is 0.217. The number of nitrogens with zero attached hydrogens (tertiary/aromatic N) is 4. The smallest absolute Gasteiger partial charge is 0.244 e. The molecular weight excluding hydrogens is 415 g/mol. The Hall–Kier alpha value is -1.33. The van der Waals surface area contributed by atoms with Gasteiger partial charge in [-0.2, -0.15) is 4.31 Å². The summed E-state index contributed by atoms with van der Waals surface area (Å²) in [5, 5.41) is 0.371. The maximum atomic E-state index is 13.9. The molecule has 27 heavy (non-hydrogen) atoms. The van der Waals surface area contributed by atoms with Crippen molar-refractivity contribution in [3.8, 4) is 0 Å². The third-order valence-corrected chi connectivity index (χ3v) is 6.11. The fraction of sp³-hybridized carbons (Fsp3) is 0.500. The minimum Gasteiger partial charge on any atom is -0.309 e. The molecule has 1 heterocycles. The van der Waals surface area contributed by atoms with Crippen molar-refractivity contribution in [3.63, 3.8) is 0 Å². The van der Waals surface area contributed by atoms with Crippen molar-refractivity contribution in [2.45, 2.75) is 6.42 Å². The fourth-order valence-electron chi connectivity index (χ4n) is 2.28. The monoisotopic (exact) mass is 438 g/mol. The molecule has 0 N–H and O–H groups in total. The SMILES string of the molecule is CN(C)CCCN(C(=O)CN(C)S(C)(=O)=O)c1nc2c(F)cccc2s1.Cl.